The third-order valence-electron chi connectivity index (χ3n) is 2.75. The third-order valence-corrected chi connectivity index (χ3v) is 3.72. The molecule has 0 amide bonds. The minimum Gasteiger partial charge on any atom is -0.312 e. The second kappa shape index (κ2) is 7.81. The van der Waals surface area contributed by atoms with Crippen molar-refractivity contribution in [3.63, 3.8) is 0 Å². The van der Waals surface area contributed by atoms with E-state index in [4.69, 9.17) is 0 Å². The number of nitrogens with zero attached hydrogens (tertiary/aromatic N) is 1. The Labute approximate surface area is 118 Å². The molecule has 0 aliphatic carbocycles. The summed E-state index contributed by atoms with van der Waals surface area (Å²) in [6, 6.07) is 10.3. The van der Waals surface area contributed by atoms with Gasteiger partial charge in [-0.25, -0.2) is 0 Å². The van der Waals surface area contributed by atoms with Crippen molar-refractivity contribution in [3.05, 3.63) is 54.7 Å². The first-order valence-corrected chi connectivity index (χ1v) is 7.54. The van der Waals surface area contributed by atoms with Gasteiger partial charge in [-0.1, -0.05) is 36.4 Å². The highest BCUT2D eigenvalue weighted by Crippen LogP contribution is 2.20. The lowest BCUT2D eigenvalue weighted by Gasteiger charge is -2.05. The molecule has 0 fully saturated rings. The average Bonchev–Trinajstić information content (AvgIpc) is 2.92. The summed E-state index contributed by atoms with van der Waals surface area (Å²) in [4.78, 5) is 0. The summed E-state index contributed by atoms with van der Waals surface area (Å²) in [7, 11) is 0. The van der Waals surface area contributed by atoms with Crippen molar-refractivity contribution in [1.82, 2.24) is 15.5 Å². The van der Waals surface area contributed by atoms with Crippen molar-refractivity contribution in [2.45, 2.75) is 6.54 Å². The summed E-state index contributed by atoms with van der Waals surface area (Å²) in [6.07, 6.45) is 3.83. The van der Waals surface area contributed by atoms with E-state index in [-0.39, 0.29) is 0 Å². The maximum atomic E-state index is 4.14. The molecule has 1 aromatic carbocycles. The highest BCUT2D eigenvalue weighted by Gasteiger charge is 2.06. The number of thioether (sulfide) groups is 1. The standard InChI is InChI=1S/C15H19N3S/c1-2-9-19-10-8-16-11-14-12-17-18-15(14)13-6-4-3-5-7-13/h2-7,12,16H,1,8-11H2,(H,17,18). The Morgan fingerprint density at radius 1 is 1.32 bits per heavy atom. The van der Waals surface area contributed by atoms with Crippen LogP contribution in [0.15, 0.2) is 49.2 Å². The van der Waals surface area contributed by atoms with E-state index in [1.54, 1.807) is 0 Å². The topological polar surface area (TPSA) is 40.7 Å². The third kappa shape index (κ3) is 4.26. The van der Waals surface area contributed by atoms with Crippen LogP contribution in [-0.4, -0.2) is 28.2 Å². The van der Waals surface area contributed by atoms with Crippen LogP contribution in [0.4, 0.5) is 0 Å². The fourth-order valence-electron chi connectivity index (χ4n) is 1.83. The Balaban J connectivity index is 1.85. The van der Waals surface area contributed by atoms with Gasteiger partial charge in [-0.2, -0.15) is 16.9 Å². The van der Waals surface area contributed by atoms with E-state index in [1.807, 2.05) is 42.2 Å². The number of nitrogens with one attached hydrogen (secondary N) is 2. The zero-order valence-electron chi connectivity index (χ0n) is 10.9. The lowest BCUT2D eigenvalue weighted by molar-refractivity contribution is 0.733. The number of hydrogen-bond donors (Lipinski definition) is 2. The Hall–Kier alpha value is -1.52. The van der Waals surface area contributed by atoms with Crippen LogP contribution < -0.4 is 5.32 Å². The number of rotatable bonds is 8. The fourth-order valence-corrected chi connectivity index (χ4v) is 2.46. The molecule has 0 radical (unpaired) electrons. The largest absolute Gasteiger partial charge is 0.312 e. The predicted molar refractivity (Wildman–Crippen MR) is 83.3 cm³/mol. The van der Waals surface area contributed by atoms with Crippen LogP contribution >= 0.6 is 11.8 Å². The number of aromatic amines is 1. The zero-order chi connectivity index (χ0) is 13.3. The van der Waals surface area contributed by atoms with Crippen LogP contribution in [-0.2, 0) is 6.54 Å². The molecule has 4 heteroatoms. The van der Waals surface area contributed by atoms with Crippen molar-refractivity contribution in [1.29, 1.82) is 0 Å². The van der Waals surface area contributed by atoms with E-state index >= 15 is 0 Å². The molecule has 2 rings (SSSR count). The van der Waals surface area contributed by atoms with Crippen molar-refractivity contribution in [3.8, 4) is 11.3 Å². The van der Waals surface area contributed by atoms with Gasteiger partial charge in [0.1, 0.15) is 0 Å². The number of benzene rings is 1. The minimum absolute atomic E-state index is 0.843. The minimum atomic E-state index is 0.843. The molecule has 0 saturated heterocycles. The van der Waals surface area contributed by atoms with Crippen molar-refractivity contribution >= 4 is 11.8 Å². The molecule has 0 aliphatic heterocycles. The molecular formula is C15H19N3S. The van der Waals surface area contributed by atoms with Gasteiger partial charge in [0, 0.05) is 30.2 Å². The summed E-state index contributed by atoms with van der Waals surface area (Å²) in [5, 5.41) is 10.7. The number of H-pyrrole nitrogens is 1. The van der Waals surface area contributed by atoms with Gasteiger partial charge < -0.3 is 5.32 Å². The highest BCUT2D eigenvalue weighted by atomic mass is 32.2. The molecule has 0 bridgehead atoms. The molecule has 0 aliphatic rings. The SMILES string of the molecule is C=CCSCCNCc1cn[nH]c1-c1ccccc1. The van der Waals surface area contributed by atoms with E-state index in [0.29, 0.717) is 0 Å². The van der Waals surface area contributed by atoms with Crippen LogP contribution in [0.25, 0.3) is 11.3 Å². The number of hydrogen-bond acceptors (Lipinski definition) is 3. The molecule has 0 spiro atoms. The van der Waals surface area contributed by atoms with Crippen LogP contribution in [0, 0.1) is 0 Å². The maximum absolute atomic E-state index is 4.14. The Bertz CT molecular complexity index is 493. The molecular weight excluding hydrogens is 254 g/mol. The van der Waals surface area contributed by atoms with E-state index in [2.05, 4.69) is 34.2 Å². The summed E-state index contributed by atoms with van der Waals surface area (Å²) >= 11 is 1.89. The van der Waals surface area contributed by atoms with Crippen LogP contribution in [0.5, 0.6) is 0 Å². The smallest absolute Gasteiger partial charge is 0.0695 e. The first kappa shape index (κ1) is 13.9. The first-order chi connectivity index (χ1) is 9.42. The number of aromatic nitrogens is 2. The normalized spacial score (nSPS) is 10.5. The fraction of sp³-hybridized carbons (Fsp3) is 0.267. The van der Waals surface area contributed by atoms with Crippen molar-refractivity contribution in [2.75, 3.05) is 18.1 Å². The van der Waals surface area contributed by atoms with Crippen LogP contribution in [0.3, 0.4) is 0 Å². The Morgan fingerprint density at radius 3 is 2.95 bits per heavy atom. The van der Waals surface area contributed by atoms with Gasteiger partial charge in [-0.05, 0) is 5.56 Å². The van der Waals surface area contributed by atoms with Gasteiger partial charge in [0.2, 0.25) is 0 Å². The van der Waals surface area contributed by atoms with E-state index in [9.17, 15) is 0 Å². The molecule has 3 nitrogen and oxygen atoms in total. The van der Waals surface area contributed by atoms with E-state index in [0.717, 1.165) is 30.3 Å². The Morgan fingerprint density at radius 2 is 2.16 bits per heavy atom. The molecule has 1 aromatic heterocycles. The van der Waals surface area contributed by atoms with Crippen LogP contribution in [0.2, 0.25) is 0 Å². The maximum Gasteiger partial charge on any atom is 0.0695 e. The molecule has 0 unspecified atom stereocenters. The second-order valence-corrected chi connectivity index (χ2v) is 5.33. The molecule has 1 heterocycles. The van der Waals surface area contributed by atoms with Crippen molar-refractivity contribution < 1.29 is 0 Å². The van der Waals surface area contributed by atoms with E-state index in [1.165, 1.54) is 11.1 Å². The zero-order valence-corrected chi connectivity index (χ0v) is 11.7. The highest BCUT2D eigenvalue weighted by molar-refractivity contribution is 7.99. The quantitative estimate of drug-likeness (QED) is 0.573. The Kier molecular flexibility index (Phi) is 5.72. The van der Waals surface area contributed by atoms with Crippen molar-refractivity contribution in [2.24, 2.45) is 0 Å². The molecule has 0 atom stereocenters. The monoisotopic (exact) mass is 273 g/mol. The molecule has 100 valence electrons. The lowest BCUT2D eigenvalue weighted by Crippen LogP contribution is -2.16. The van der Waals surface area contributed by atoms with Gasteiger partial charge in [0.15, 0.2) is 0 Å². The van der Waals surface area contributed by atoms with Gasteiger partial charge in [0.25, 0.3) is 0 Å². The van der Waals surface area contributed by atoms with Gasteiger partial charge in [-0.15, -0.1) is 6.58 Å². The lowest BCUT2D eigenvalue weighted by atomic mass is 10.1. The summed E-state index contributed by atoms with van der Waals surface area (Å²) < 4.78 is 0. The molecule has 2 aromatic rings. The average molecular weight is 273 g/mol. The predicted octanol–water partition coefficient (Wildman–Crippen LogP) is 3.09. The van der Waals surface area contributed by atoms with Gasteiger partial charge in [0.05, 0.1) is 11.9 Å². The summed E-state index contributed by atoms with van der Waals surface area (Å²) in [5.41, 5.74) is 3.49. The van der Waals surface area contributed by atoms with Gasteiger partial charge in [-0.3, -0.25) is 5.10 Å². The molecule has 19 heavy (non-hydrogen) atoms. The molecule has 0 saturated carbocycles. The molecule has 2 N–H and O–H groups in total. The second-order valence-electron chi connectivity index (χ2n) is 4.18. The summed E-state index contributed by atoms with van der Waals surface area (Å²) in [5.74, 6) is 2.12. The van der Waals surface area contributed by atoms with Gasteiger partial charge >= 0.3 is 0 Å². The first-order valence-electron chi connectivity index (χ1n) is 6.39. The van der Waals surface area contributed by atoms with Crippen LogP contribution in [0.1, 0.15) is 5.56 Å². The summed E-state index contributed by atoms with van der Waals surface area (Å²) in [6.45, 7) is 5.55. The van der Waals surface area contributed by atoms with E-state index < -0.39 is 0 Å².